The lowest BCUT2D eigenvalue weighted by atomic mass is 10.0. The topological polar surface area (TPSA) is 24.9 Å². The van der Waals surface area contributed by atoms with Gasteiger partial charge in [-0.25, -0.2) is 4.98 Å². The summed E-state index contributed by atoms with van der Waals surface area (Å²) in [5.74, 6) is 0.631. The Kier molecular flexibility index (Phi) is 3.04. The summed E-state index contributed by atoms with van der Waals surface area (Å²) in [6.45, 7) is 2.26. The Labute approximate surface area is 103 Å². The molecule has 2 nitrogen and oxygen atoms in total. The third-order valence-corrected chi connectivity index (χ3v) is 4.68. The van der Waals surface area contributed by atoms with E-state index in [1.165, 1.54) is 30.0 Å². The molecule has 0 spiro atoms. The zero-order valence-electron chi connectivity index (χ0n) is 8.98. The van der Waals surface area contributed by atoms with Gasteiger partial charge in [-0.2, -0.15) is 11.3 Å². The Hall–Kier alpha value is -0.710. The molecule has 3 heterocycles. The van der Waals surface area contributed by atoms with Crippen LogP contribution in [0.15, 0.2) is 22.2 Å². The lowest BCUT2D eigenvalue weighted by molar-refractivity contribution is 0.460. The molecule has 0 saturated carbocycles. The van der Waals surface area contributed by atoms with Gasteiger partial charge in [0.25, 0.3) is 0 Å². The third-order valence-electron chi connectivity index (χ3n) is 2.99. The number of thiophene rings is 1. The first-order chi connectivity index (χ1) is 7.93. The second-order valence-corrected chi connectivity index (χ2v) is 5.80. The van der Waals surface area contributed by atoms with Gasteiger partial charge >= 0.3 is 0 Å². The van der Waals surface area contributed by atoms with E-state index < -0.39 is 0 Å². The number of thiazole rings is 1. The van der Waals surface area contributed by atoms with Crippen LogP contribution in [-0.2, 0) is 0 Å². The fraction of sp³-hybridized carbons (Fsp3) is 0.417. The van der Waals surface area contributed by atoms with Crippen molar-refractivity contribution in [3.63, 3.8) is 0 Å². The molecule has 2 aromatic heterocycles. The monoisotopic (exact) mass is 250 g/mol. The summed E-state index contributed by atoms with van der Waals surface area (Å²) in [6, 6.07) is 2.14. The molecule has 3 rings (SSSR count). The van der Waals surface area contributed by atoms with E-state index in [1.807, 2.05) is 11.3 Å². The first-order valence-electron chi connectivity index (χ1n) is 5.62. The van der Waals surface area contributed by atoms with Crippen molar-refractivity contribution >= 4 is 22.7 Å². The summed E-state index contributed by atoms with van der Waals surface area (Å²) in [5, 5.41) is 11.2. The molecule has 0 aliphatic carbocycles. The first-order valence-corrected chi connectivity index (χ1v) is 7.44. The third kappa shape index (κ3) is 2.05. The second-order valence-electron chi connectivity index (χ2n) is 4.13. The molecule has 1 atom stereocenters. The molecular weight excluding hydrogens is 236 g/mol. The van der Waals surface area contributed by atoms with E-state index in [1.54, 1.807) is 11.3 Å². The smallest absolute Gasteiger partial charge is 0.0976 e. The molecule has 1 N–H and O–H groups in total. The number of piperidine rings is 1. The molecule has 1 fully saturated rings. The molecule has 1 aliphatic rings. The van der Waals surface area contributed by atoms with Gasteiger partial charge in [0.2, 0.25) is 0 Å². The summed E-state index contributed by atoms with van der Waals surface area (Å²) < 4.78 is 0. The van der Waals surface area contributed by atoms with Crippen LogP contribution in [0.3, 0.4) is 0 Å². The summed E-state index contributed by atoms with van der Waals surface area (Å²) in [5.41, 5.74) is 2.41. The lowest BCUT2D eigenvalue weighted by Gasteiger charge is -2.20. The summed E-state index contributed by atoms with van der Waals surface area (Å²) in [4.78, 5) is 4.76. The molecule has 84 valence electrons. The van der Waals surface area contributed by atoms with Gasteiger partial charge < -0.3 is 5.32 Å². The van der Waals surface area contributed by atoms with E-state index in [2.05, 4.69) is 27.5 Å². The quantitative estimate of drug-likeness (QED) is 0.884. The predicted molar refractivity (Wildman–Crippen MR) is 70.3 cm³/mol. The van der Waals surface area contributed by atoms with Crippen LogP contribution in [0.2, 0.25) is 0 Å². The van der Waals surface area contributed by atoms with Crippen LogP contribution in [0.5, 0.6) is 0 Å². The molecule has 1 aliphatic heterocycles. The Morgan fingerprint density at radius 3 is 3.12 bits per heavy atom. The van der Waals surface area contributed by atoms with Crippen molar-refractivity contribution < 1.29 is 0 Å². The molecule has 0 radical (unpaired) electrons. The van der Waals surface area contributed by atoms with E-state index in [0.29, 0.717) is 5.92 Å². The Morgan fingerprint density at radius 1 is 1.38 bits per heavy atom. The van der Waals surface area contributed by atoms with E-state index in [9.17, 15) is 0 Å². The lowest BCUT2D eigenvalue weighted by Crippen LogP contribution is -2.28. The van der Waals surface area contributed by atoms with Crippen molar-refractivity contribution in [2.24, 2.45) is 0 Å². The van der Waals surface area contributed by atoms with Crippen LogP contribution in [0, 0.1) is 0 Å². The summed E-state index contributed by atoms with van der Waals surface area (Å²) in [7, 11) is 0. The molecule has 2 aromatic rings. The molecule has 0 unspecified atom stereocenters. The largest absolute Gasteiger partial charge is 0.316 e. The highest BCUT2D eigenvalue weighted by atomic mass is 32.1. The van der Waals surface area contributed by atoms with Gasteiger partial charge in [-0.1, -0.05) is 0 Å². The highest BCUT2D eigenvalue weighted by molar-refractivity contribution is 7.10. The van der Waals surface area contributed by atoms with E-state index >= 15 is 0 Å². The SMILES string of the molecule is c1cc(-c2csc([C@@H]3CCCNC3)n2)cs1. The first kappa shape index (κ1) is 10.4. The van der Waals surface area contributed by atoms with Crippen LogP contribution >= 0.6 is 22.7 Å². The number of rotatable bonds is 2. The maximum Gasteiger partial charge on any atom is 0.0976 e. The maximum absolute atomic E-state index is 4.76. The highest BCUT2D eigenvalue weighted by Crippen LogP contribution is 2.30. The minimum absolute atomic E-state index is 0.631. The molecule has 16 heavy (non-hydrogen) atoms. The van der Waals surface area contributed by atoms with Crippen molar-refractivity contribution in [2.75, 3.05) is 13.1 Å². The molecule has 0 aromatic carbocycles. The van der Waals surface area contributed by atoms with Crippen molar-refractivity contribution in [3.05, 3.63) is 27.2 Å². The molecule has 0 amide bonds. The summed E-state index contributed by atoms with van der Waals surface area (Å²) in [6.07, 6.45) is 2.56. The van der Waals surface area contributed by atoms with Gasteiger partial charge in [-0.3, -0.25) is 0 Å². The van der Waals surface area contributed by atoms with Gasteiger partial charge in [0.05, 0.1) is 10.7 Å². The Bertz CT molecular complexity index is 441. The fourth-order valence-electron chi connectivity index (χ4n) is 2.08. The maximum atomic E-state index is 4.76. The highest BCUT2D eigenvalue weighted by Gasteiger charge is 2.18. The second kappa shape index (κ2) is 4.65. The van der Waals surface area contributed by atoms with Gasteiger partial charge in [-0.15, -0.1) is 11.3 Å². The Balaban J connectivity index is 1.82. The Morgan fingerprint density at radius 2 is 2.38 bits per heavy atom. The molecule has 4 heteroatoms. The van der Waals surface area contributed by atoms with Gasteiger partial charge in [-0.05, 0) is 30.8 Å². The number of hydrogen-bond donors (Lipinski definition) is 1. The van der Waals surface area contributed by atoms with Gasteiger partial charge in [0.15, 0.2) is 0 Å². The molecular formula is C12H14N2S2. The minimum atomic E-state index is 0.631. The average Bonchev–Trinajstić information content (AvgIpc) is 3.01. The zero-order valence-corrected chi connectivity index (χ0v) is 10.6. The number of aromatic nitrogens is 1. The minimum Gasteiger partial charge on any atom is -0.316 e. The van der Waals surface area contributed by atoms with Crippen molar-refractivity contribution in [2.45, 2.75) is 18.8 Å². The van der Waals surface area contributed by atoms with Crippen LogP contribution in [0.4, 0.5) is 0 Å². The average molecular weight is 250 g/mol. The van der Waals surface area contributed by atoms with Crippen molar-refractivity contribution in [1.82, 2.24) is 10.3 Å². The van der Waals surface area contributed by atoms with E-state index in [0.717, 1.165) is 12.2 Å². The van der Waals surface area contributed by atoms with Crippen LogP contribution < -0.4 is 5.32 Å². The van der Waals surface area contributed by atoms with E-state index in [-0.39, 0.29) is 0 Å². The van der Waals surface area contributed by atoms with Crippen molar-refractivity contribution in [1.29, 1.82) is 0 Å². The molecule has 1 saturated heterocycles. The van der Waals surface area contributed by atoms with Crippen LogP contribution in [0.25, 0.3) is 11.3 Å². The predicted octanol–water partition coefficient (Wildman–Crippen LogP) is 3.34. The summed E-state index contributed by atoms with van der Waals surface area (Å²) >= 11 is 3.54. The van der Waals surface area contributed by atoms with E-state index in [4.69, 9.17) is 4.98 Å². The van der Waals surface area contributed by atoms with Gasteiger partial charge in [0, 0.05) is 28.8 Å². The normalized spacial score (nSPS) is 21.1. The number of nitrogens with zero attached hydrogens (tertiary/aromatic N) is 1. The van der Waals surface area contributed by atoms with Crippen LogP contribution in [-0.4, -0.2) is 18.1 Å². The van der Waals surface area contributed by atoms with Crippen molar-refractivity contribution in [3.8, 4) is 11.3 Å². The van der Waals surface area contributed by atoms with Crippen LogP contribution in [0.1, 0.15) is 23.8 Å². The van der Waals surface area contributed by atoms with Gasteiger partial charge in [0.1, 0.15) is 0 Å². The number of hydrogen-bond acceptors (Lipinski definition) is 4. The fourth-order valence-corrected chi connectivity index (χ4v) is 3.70. The standard InChI is InChI=1S/C12H14N2S2/c1-2-9(6-13-4-1)12-14-11(8-16-12)10-3-5-15-7-10/h3,5,7-9,13H,1-2,4,6H2/t9-/m1/s1. The number of nitrogens with one attached hydrogen (secondary N) is 1. The molecule has 0 bridgehead atoms. The zero-order chi connectivity index (χ0) is 10.8.